The summed E-state index contributed by atoms with van der Waals surface area (Å²) < 4.78 is 28.0. The third-order valence-electron chi connectivity index (χ3n) is 4.61. The van der Waals surface area contributed by atoms with Crippen molar-refractivity contribution in [2.75, 3.05) is 44.8 Å². The molecule has 8 nitrogen and oxygen atoms in total. The van der Waals surface area contributed by atoms with E-state index in [0.717, 1.165) is 0 Å². The molecular weight excluding hydrogens is 334 g/mol. The van der Waals surface area contributed by atoms with E-state index in [9.17, 15) is 18.0 Å². The number of nitrogens with zero attached hydrogens (tertiary/aromatic N) is 2. The van der Waals surface area contributed by atoms with E-state index in [1.807, 2.05) is 4.90 Å². The summed E-state index contributed by atoms with van der Waals surface area (Å²) in [7, 11) is -1.16. The summed E-state index contributed by atoms with van der Waals surface area (Å²) in [4.78, 5) is 27.3. The lowest BCUT2D eigenvalue weighted by atomic mass is 10.1. The van der Waals surface area contributed by atoms with Gasteiger partial charge in [-0.3, -0.25) is 9.69 Å². The fraction of sp³-hybridized carbons (Fsp3) is 0.867. The zero-order valence-electron chi connectivity index (χ0n) is 14.4. The van der Waals surface area contributed by atoms with E-state index in [1.54, 1.807) is 18.9 Å². The summed E-state index contributed by atoms with van der Waals surface area (Å²) in [5.74, 6) is 0.237. The largest absolute Gasteiger partial charge is 0.450 e. The van der Waals surface area contributed by atoms with Crippen LogP contribution in [0.25, 0.3) is 0 Å². The van der Waals surface area contributed by atoms with Crippen molar-refractivity contribution in [3.63, 3.8) is 0 Å². The van der Waals surface area contributed by atoms with Crippen molar-refractivity contribution >= 4 is 21.8 Å². The van der Waals surface area contributed by atoms with Crippen molar-refractivity contribution in [3.8, 4) is 0 Å². The molecule has 0 bridgehead atoms. The molecule has 0 saturated carbocycles. The van der Waals surface area contributed by atoms with Gasteiger partial charge in [-0.2, -0.15) is 0 Å². The Bertz CT molecular complexity index is 557. The molecule has 2 fully saturated rings. The Morgan fingerprint density at radius 3 is 2.46 bits per heavy atom. The third-order valence-corrected chi connectivity index (χ3v) is 6.36. The van der Waals surface area contributed by atoms with E-state index in [1.165, 1.54) is 0 Å². The van der Waals surface area contributed by atoms with Crippen LogP contribution in [0.4, 0.5) is 4.79 Å². The summed E-state index contributed by atoms with van der Waals surface area (Å²) in [5, 5.41) is 2.98. The van der Waals surface area contributed by atoms with Crippen LogP contribution in [0.2, 0.25) is 0 Å². The number of rotatable bonds is 5. The topological polar surface area (TPSA) is 96.0 Å². The van der Waals surface area contributed by atoms with Crippen molar-refractivity contribution in [3.05, 3.63) is 0 Å². The smallest absolute Gasteiger partial charge is 0.409 e. The predicted octanol–water partition coefficient (Wildman–Crippen LogP) is -0.158. The number of carbonyl (C=O) groups is 2. The van der Waals surface area contributed by atoms with Crippen molar-refractivity contribution in [2.45, 2.75) is 38.3 Å². The molecule has 0 aromatic rings. The highest BCUT2D eigenvalue weighted by atomic mass is 32.2. The first-order valence-electron chi connectivity index (χ1n) is 8.42. The Morgan fingerprint density at radius 2 is 1.92 bits per heavy atom. The summed E-state index contributed by atoms with van der Waals surface area (Å²) in [6.07, 6.45) is 1.69. The van der Waals surface area contributed by atoms with Gasteiger partial charge in [-0.15, -0.1) is 0 Å². The van der Waals surface area contributed by atoms with E-state index in [-0.39, 0.29) is 42.1 Å². The van der Waals surface area contributed by atoms with Crippen molar-refractivity contribution < 1.29 is 22.7 Å². The van der Waals surface area contributed by atoms with Crippen LogP contribution < -0.4 is 5.32 Å². The molecule has 1 atom stereocenters. The summed E-state index contributed by atoms with van der Waals surface area (Å²) in [5.41, 5.74) is 0. The summed E-state index contributed by atoms with van der Waals surface area (Å²) >= 11 is 0. The minimum atomic E-state index is -2.95. The Labute approximate surface area is 143 Å². The van der Waals surface area contributed by atoms with E-state index < -0.39 is 9.84 Å². The average molecular weight is 361 g/mol. The van der Waals surface area contributed by atoms with E-state index in [0.29, 0.717) is 39.0 Å². The van der Waals surface area contributed by atoms with Crippen LogP contribution in [0, 0.1) is 0 Å². The normalized spacial score (nSPS) is 24.1. The fourth-order valence-corrected chi connectivity index (χ4v) is 4.98. The number of likely N-dealkylation sites (N-methyl/N-ethyl adjacent to an activating group) is 1. The van der Waals surface area contributed by atoms with Crippen LogP contribution >= 0.6 is 0 Å². The quantitative estimate of drug-likeness (QED) is 0.731. The van der Waals surface area contributed by atoms with Gasteiger partial charge in [-0.25, -0.2) is 13.2 Å². The molecule has 2 saturated heterocycles. The van der Waals surface area contributed by atoms with Crippen LogP contribution in [0.5, 0.6) is 0 Å². The van der Waals surface area contributed by atoms with Crippen LogP contribution in [0.15, 0.2) is 0 Å². The molecule has 0 radical (unpaired) electrons. The molecule has 2 aliphatic rings. The molecule has 0 aromatic carbocycles. The van der Waals surface area contributed by atoms with Gasteiger partial charge in [0.2, 0.25) is 5.91 Å². The zero-order valence-corrected chi connectivity index (χ0v) is 15.2. The van der Waals surface area contributed by atoms with E-state index in [4.69, 9.17) is 4.74 Å². The second kappa shape index (κ2) is 8.15. The minimum Gasteiger partial charge on any atom is -0.450 e. The monoisotopic (exact) mass is 361 g/mol. The Morgan fingerprint density at radius 1 is 1.25 bits per heavy atom. The van der Waals surface area contributed by atoms with Gasteiger partial charge < -0.3 is 15.0 Å². The maximum Gasteiger partial charge on any atom is 0.409 e. The second-order valence-electron chi connectivity index (χ2n) is 6.50. The molecule has 0 aromatic heterocycles. The SMILES string of the molecule is CCOC(=O)N1CCC(NC(=O)CN(C)C2CCS(=O)(=O)C2)CC1. The highest BCUT2D eigenvalue weighted by Crippen LogP contribution is 2.16. The number of piperidine rings is 1. The highest BCUT2D eigenvalue weighted by molar-refractivity contribution is 7.91. The molecule has 1 unspecified atom stereocenters. The van der Waals surface area contributed by atoms with Gasteiger partial charge >= 0.3 is 6.09 Å². The van der Waals surface area contributed by atoms with Crippen molar-refractivity contribution in [1.29, 1.82) is 0 Å². The van der Waals surface area contributed by atoms with Gasteiger partial charge in [-0.05, 0) is 33.2 Å². The number of likely N-dealkylation sites (tertiary alicyclic amines) is 1. The molecule has 2 amide bonds. The first kappa shape index (κ1) is 19.0. The zero-order chi connectivity index (χ0) is 17.7. The van der Waals surface area contributed by atoms with Crippen molar-refractivity contribution in [1.82, 2.24) is 15.1 Å². The molecule has 0 aliphatic carbocycles. The van der Waals surface area contributed by atoms with Crippen LogP contribution in [0.3, 0.4) is 0 Å². The number of hydrogen-bond donors (Lipinski definition) is 1. The summed E-state index contributed by atoms with van der Waals surface area (Å²) in [6.45, 7) is 3.47. The van der Waals surface area contributed by atoms with Gasteiger partial charge in [0.25, 0.3) is 0 Å². The van der Waals surface area contributed by atoms with Crippen LogP contribution in [-0.4, -0.2) is 87.1 Å². The highest BCUT2D eigenvalue weighted by Gasteiger charge is 2.31. The maximum atomic E-state index is 12.2. The standard InChI is InChI=1S/C15H27N3O5S/c1-3-23-15(20)18-7-4-12(5-8-18)16-14(19)10-17(2)13-6-9-24(21,22)11-13/h12-13H,3-11H2,1-2H3,(H,16,19). The van der Waals surface area contributed by atoms with Gasteiger partial charge in [-0.1, -0.05) is 0 Å². The third kappa shape index (κ3) is 5.34. The fourth-order valence-electron chi connectivity index (χ4n) is 3.17. The van der Waals surface area contributed by atoms with Gasteiger partial charge in [0.1, 0.15) is 0 Å². The number of hydrogen-bond acceptors (Lipinski definition) is 6. The molecule has 0 spiro atoms. The molecule has 24 heavy (non-hydrogen) atoms. The molecule has 2 heterocycles. The Kier molecular flexibility index (Phi) is 6.45. The second-order valence-corrected chi connectivity index (χ2v) is 8.73. The average Bonchev–Trinajstić information content (AvgIpc) is 2.88. The Balaban J connectivity index is 1.71. The maximum absolute atomic E-state index is 12.2. The molecule has 1 N–H and O–H groups in total. The van der Waals surface area contributed by atoms with E-state index in [2.05, 4.69) is 5.32 Å². The summed E-state index contributed by atoms with van der Waals surface area (Å²) in [6, 6.07) is -0.0321. The lowest BCUT2D eigenvalue weighted by Gasteiger charge is -2.32. The lowest BCUT2D eigenvalue weighted by Crippen LogP contribution is -2.49. The molecule has 2 aliphatic heterocycles. The number of sulfone groups is 1. The van der Waals surface area contributed by atoms with Gasteiger partial charge in [0, 0.05) is 25.2 Å². The molecular formula is C15H27N3O5S. The van der Waals surface area contributed by atoms with Crippen LogP contribution in [0.1, 0.15) is 26.2 Å². The Hall–Kier alpha value is -1.35. The minimum absolute atomic E-state index is 0.0453. The molecule has 138 valence electrons. The first-order chi connectivity index (χ1) is 11.3. The number of ether oxygens (including phenoxy) is 1. The van der Waals surface area contributed by atoms with Gasteiger partial charge in [0.05, 0.1) is 24.7 Å². The number of amides is 2. The first-order valence-corrected chi connectivity index (χ1v) is 10.2. The lowest BCUT2D eigenvalue weighted by molar-refractivity contribution is -0.123. The molecule has 2 rings (SSSR count). The number of nitrogens with one attached hydrogen (secondary N) is 1. The van der Waals surface area contributed by atoms with Gasteiger partial charge in [0.15, 0.2) is 9.84 Å². The van der Waals surface area contributed by atoms with Crippen LogP contribution in [-0.2, 0) is 19.4 Å². The molecule has 9 heteroatoms. The van der Waals surface area contributed by atoms with E-state index >= 15 is 0 Å². The van der Waals surface area contributed by atoms with Crippen molar-refractivity contribution in [2.24, 2.45) is 0 Å². The number of carbonyl (C=O) groups excluding carboxylic acids is 2. The predicted molar refractivity (Wildman–Crippen MR) is 89.4 cm³/mol.